The lowest BCUT2D eigenvalue weighted by molar-refractivity contribution is 0.823. The Balaban J connectivity index is 0. The van der Waals surface area contributed by atoms with Gasteiger partial charge in [-0.2, -0.15) is 0 Å². The zero-order valence-corrected chi connectivity index (χ0v) is 4.91. The van der Waals surface area contributed by atoms with Crippen LogP contribution in [0.4, 0.5) is 4.70 Å². The highest BCUT2D eigenvalue weighted by Crippen LogP contribution is 0.420. The SMILES string of the molecule is F.O.O.O.O.O.O.O.O.O.[AlH3]. The molecule has 0 heterocycles. The Labute approximate surface area is 72.3 Å². The Bertz CT molecular complexity index is 9.52. The number of rotatable bonds is 0. The van der Waals surface area contributed by atoms with Gasteiger partial charge in [-0.25, -0.2) is 0 Å². The molecule has 0 aliphatic rings. The highest BCUT2D eigenvalue weighted by molar-refractivity contribution is 5.75. The Morgan fingerprint density at radius 1 is 0.273 bits per heavy atom. The molecule has 0 saturated heterocycles. The fourth-order valence-electron chi connectivity index (χ4n) is 0. The van der Waals surface area contributed by atoms with Gasteiger partial charge >= 0.3 is 0 Å². The van der Waals surface area contributed by atoms with Gasteiger partial charge in [-0.15, -0.1) is 0 Å². The average molecular weight is 212 g/mol. The Morgan fingerprint density at radius 3 is 0.273 bits per heavy atom. The van der Waals surface area contributed by atoms with Crippen molar-refractivity contribution in [3.8, 4) is 0 Å². The monoisotopic (exact) mass is 212 g/mol. The molecule has 0 aliphatic carbocycles. The highest BCUT2D eigenvalue weighted by atomic mass is 27.0. The molecule has 0 atom stereocenters. The standard InChI is InChI=1S/Al.FH.9H2O.3H/h;1H;9*1H2;;;. The quantitative estimate of drug-likeness (QED) is 0.337. The van der Waals surface area contributed by atoms with Gasteiger partial charge in [-0.1, -0.05) is 0 Å². The van der Waals surface area contributed by atoms with Crippen LogP contribution < -0.4 is 0 Å². The van der Waals surface area contributed by atoms with Crippen LogP contribution in [0.25, 0.3) is 0 Å². The molecule has 0 radical (unpaired) electrons. The van der Waals surface area contributed by atoms with E-state index in [0.29, 0.717) is 0 Å². The number of hydrogen-bond acceptors (Lipinski definition) is 0. The molecule has 11 heavy (non-hydrogen) atoms. The van der Waals surface area contributed by atoms with Crippen molar-refractivity contribution in [2.24, 2.45) is 0 Å². The van der Waals surface area contributed by atoms with Crippen molar-refractivity contribution in [3.63, 3.8) is 0 Å². The van der Waals surface area contributed by atoms with E-state index in [4.69, 9.17) is 0 Å². The summed E-state index contributed by atoms with van der Waals surface area (Å²) >= 11 is 0. The third kappa shape index (κ3) is 63200. The molecule has 0 aromatic heterocycles. The summed E-state index contributed by atoms with van der Waals surface area (Å²) in [6.07, 6.45) is 0. The predicted octanol–water partition coefficient (Wildman–Crippen LogP) is -8.45. The maximum Gasteiger partial charge on any atom is 0.187 e. The van der Waals surface area contributed by atoms with Gasteiger partial charge < -0.3 is 49.3 Å². The molecule has 0 aliphatic heterocycles. The molecule has 86 valence electrons. The van der Waals surface area contributed by atoms with Crippen LogP contribution >= 0.6 is 0 Å². The lowest BCUT2D eigenvalue weighted by Gasteiger charge is -0.413. The number of hydrogen-bond donors (Lipinski definition) is 0. The fraction of sp³-hybridized carbons (Fsp3) is 0. The van der Waals surface area contributed by atoms with Crippen LogP contribution in [0.3, 0.4) is 0 Å². The summed E-state index contributed by atoms with van der Waals surface area (Å²) in [6.45, 7) is 0. The summed E-state index contributed by atoms with van der Waals surface area (Å²) in [6, 6.07) is 0. The van der Waals surface area contributed by atoms with E-state index in [0.717, 1.165) is 0 Å². The highest BCUT2D eigenvalue weighted by Gasteiger charge is 0.187. The maximum atomic E-state index is 0. The molecule has 0 amide bonds. The molecule has 0 saturated carbocycles. The lowest BCUT2D eigenvalue weighted by Crippen LogP contribution is -0.381. The van der Waals surface area contributed by atoms with Gasteiger partial charge in [-0.3, -0.25) is 4.70 Å². The minimum atomic E-state index is 0. The van der Waals surface area contributed by atoms with Crippen molar-refractivity contribution < 1.29 is 54.0 Å². The fourth-order valence-corrected chi connectivity index (χ4v) is 0. The smallest absolute Gasteiger partial charge is 0.187 e. The first-order valence-electron chi connectivity index (χ1n) is 0. The van der Waals surface area contributed by atoms with Crippen LogP contribution in [0.1, 0.15) is 0 Å². The van der Waals surface area contributed by atoms with Gasteiger partial charge in [0, 0.05) is 0 Å². The first-order chi connectivity index (χ1) is 0. The minimum absolute atomic E-state index is 0. The van der Waals surface area contributed by atoms with E-state index < -0.39 is 0 Å². The van der Waals surface area contributed by atoms with E-state index in [1.165, 1.54) is 0 Å². The number of halogens is 1. The van der Waals surface area contributed by atoms with Crippen LogP contribution in [0.15, 0.2) is 0 Å². The summed E-state index contributed by atoms with van der Waals surface area (Å²) in [5, 5.41) is 0. The van der Waals surface area contributed by atoms with Gasteiger partial charge in [0.2, 0.25) is 0 Å². The topological polar surface area (TPSA) is 284 Å². The van der Waals surface area contributed by atoms with Crippen LogP contribution in [0.2, 0.25) is 0 Å². The van der Waals surface area contributed by atoms with E-state index in [9.17, 15) is 0 Å². The van der Waals surface area contributed by atoms with Gasteiger partial charge in [0.25, 0.3) is 0 Å². The van der Waals surface area contributed by atoms with Gasteiger partial charge in [-0.05, 0) is 0 Å². The van der Waals surface area contributed by atoms with Crippen LogP contribution in [-0.2, 0) is 0 Å². The molecule has 0 spiro atoms. The van der Waals surface area contributed by atoms with E-state index in [-0.39, 0.29) is 71.4 Å². The minimum Gasteiger partial charge on any atom is -0.412 e. The largest absolute Gasteiger partial charge is 0.412 e. The van der Waals surface area contributed by atoms with E-state index in [1.54, 1.807) is 0 Å². The molecule has 0 aromatic rings. The Morgan fingerprint density at radius 2 is 0.273 bits per heavy atom. The van der Waals surface area contributed by atoms with E-state index >= 15 is 0 Å². The third-order valence-electron chi connectivity index (χ3n) is 0. The molecule has 0 bridgehead atoms. The lowest BCUT2D eigenvalue weighted by atomic mass is 16.0. The molecule has 0 fully saturated rings. The molecule has 0 aromatic carbocycles. The van der Waals surface area contributed by atoms with Crippen LogP contribution in [0, 0.1) is 0 Å². The van der Waals surface area contributed by atoms with Crippen molar-refractivity contribution in [2.75, 3.05) is 0 Å². The maximum absolute atomic E-state index is 0. The van der Waals surface area contributed by atoms with Crippen molar-refractivity contribution in [1.29, 1.82) is 0 Å². The second-order valence-corrected chi connectivity index (χ2v) is 0. The molecular formula is H22AlFO9. The summed E-state index contributed by atoms with van der Waals surface area (Å²) in [7, 11) is 0. The average Bonchev–Trinajstić information content (AvgIpc) is 0. The molecule has 11 heteroatoms. The molecule has 9 nitrogen and oxygen atoms in total. The third-order valence-corrected chi connectivity index (χ3v) is 0. The van der Waals surface area contributed by atoms with E-state index in [2.05, 4.69) is 0 Å². The van der Waals surface area contributed by atoms with Gasteiger partial charge in [0.05, 0.1) is 0 Å². The van der Waals surface area contributed by atoms with Crippen molar-refractivity contribution in [3.05, 3.63) is 0 Å². The first kappa shape index (κ1) is 108000. The van der Waals surface area contributed by atoms with Gasteiger partial charge in [0.15, 0.2) is 17.4 Å². The Kier molecular flexibility index (Phi) is 782000000. The summed E-state index contributed by atoms with van der Waals surface area (Å²) in [4.78, 5) is 0. The summed E-state index contributed by atoms with van der Waals surface area (Å²) in [5.74, 6) is 0. The predicted molar refractivity (Wildman–Crippen MR) is 45.0 cm³/mol. The Hall–Kier alpha value is 0.102. The second-order valence-electron chi connectivity index (χ2n) is 0. The van der Waals surface area contributed by atoms with Crippen molar-refractivity contribution in [1.82, 2.24) is 0 Å². The summed E-state index contributed by atoms with van der Waals surface area (Å²) in [5.41, 5.74) is 0. The summed E-state index contributed by atoms with van der Waals surface area (Å²) < 4.78 is 0. The molecule has 0 rings (SSSR count). The molecular weight excluding hydrogens is 190 g/mol. The second kappa shape index (κ2) is 79700. The van der Waals surface area contributed by atoms with E-state index in [1.807, 2.05) is 0 Å². The zero-order chi connectivity index (χ0) is 0. The molecule has 18 N–H and O–H groups in total. The van der Waals surface area contributed by atoms with Crippen molar-refractivity contribution >= 4 is 17.4 Å². The first-order valence-corrected chi connectivity index (χ1v) is 0. The normalized spacial score (nSPS) is 0. The van der Waals surface area contributed by atoms with Gasteiger partial charge in [0.1, 0.15) is 0 Å². The zero-order valence-electron chi connectivity index (χ0n) is 4.91. The van der Waals surface area contributed by atoms with Crippen LogP contribution in [-0.4, -0.2) is 66.6 Å². The van der Waals surface area contributed by atoms with Crippen molar-refractivity contribution in [2.45, 2.75) is 0 Å². The van der Waals surface area contributed by atoms with Crippen LogP contribution in [0.5, 0.6) is 0 Å². The molecule has 0 unspecified atom stereocenters.